The van der Waals surface area contributed by atoms with Crippen molar-refractivity contribution >= 4 is 17.5 Å². The smallest absolute Gasteiger partial charge is 0.287 e. The summed E-state index contributed by atoms with van der Waals surface area (Å²) >= 11 is 6.11. The lowest BCUT2D eigenvalue weighted by Gasteiger charge is -2.42. The van der Waals surface area contributed by atoms with Crippen molar-refractivity contribution in [2.45, 2.75) is 70.8 Å². The summed E-state index contributed by atoms with van der Waals surface area (Å²) < 4.78 is 6.10. The van der Waals surface area contributed by atoms with Crippen LogP contribution >= 0.6 is 11.6 Å². The first kappa shape index (κ1) is 26.3. The summed E-state index contributed by atoms with van der Waals surface area (Å²) in [7, 11) is 0. The number of nitrogens with one attached hydrogen (secondary N) is 1. The monoisotopic (exact) mass is 525 g/mol. The Morgan fingerprint density at radius 1 is 0.868 bits per heavy atom. The van der Waals surface area contributed by atoms with Crippen LogP contribution in [0.25, 0.3) is 0 Å². The molecule has 5 rings (SSSR count). The van der Waals surface area contributed by atoms with Crippen LogP contribution in [0.3, 0.4) is 0 Å². The Morgan fingerprint density at radius 3 is 2.13 bits per heavy atom. The van der Waals surface area contributed by atoms with Gasteiger partial charge in [-0.2, -0.15) is 0 Å². The first-order chi connectivity index (χ1) is 18.0. The van der Waals surface area contributed by atoms with E-state index in [0.717, 1.165) is 16.9 Å². The van der Waals surface area contributed by atoms with Crippen LogP contribution in [-0.4, -0.2) is 5.91 Å². The van der Waals surface area contributed by atoms with Gasteiger partial charge in [0.15, 0.2) is 5.76 Å². The summed E-state index contributed by atoms with van der Waals surface area (Å²) in [5.41, 5.74) is 7.69. The Balaban J connectivity index is 1.38. The van der Waals surface area contributed by atoms with Gasteiger partial charge in [-0.3, -0.25) is 4.79 Å². The van der Waals surface area contributed by atoms with E-state index in [1.165, 1.54) is 35.1 Å². The zero-order valence-electron chi connectivity index (χ0n) is 22.9. The number of carbonyl (C=O) groups is 1. The SMILES string of the molecule is Cc1cc2c(cc1Cc1ccc(C(=O)NC(c3ccccc3)c3ccc(Cl)cc3)o1)C(C)(C)CCC2(C)C. The molecule has 0 spiro atoms. The third kappa shape index (κ3) is 5.31. The van der Waals surface area contributed by atoms with Gasteiger partial charge in [0.2, 0.25) is 0 Å². The summed E-state index contributed by atoms with van der Waals surface area (Å²) in [6.07, 6.45) is 3.03. The number of benzene rings is 3. The van der Waals surface area contributed by atoms with Crippen LogP contribution in [0.5, 0.6) is 0 Å². The minimum atomic E-state index is -0.317. The molecule has 1 aliphatic carbocycles. The zero-order valence-corrected chi connectivity index (χ0v) is 23.7. The van der Waals surface area contributed by atoms with Crippen molar-refractivity contribution in [2.24, 2.45) is 0 Å². The first-order valence-electron chi connectivity index (χ1n) is 13.4. The second kappa shape index (κ2) is 10.1. The molecule has 0 bridgehead atoms. The van der Waals surface area contributed by atoms with Gasteiger partial charge in [-0.05, 0) is 88.2 Å². The number of fused-ring (bicyclic) bond motifs is 1. The molecule has 4 aromatic rings. The van der Waals surface area contributed by atoms with Gasteiger partial charge >= 0.3 is 0 Å². The zero-order chi connectivity index (χ0) is 27.1. The highest BCUT2D eigenvalue weighted by molar-refractivity contribution is 6.30. The number of carbonyl (C=O) groups excluding carboxylic acids is 1. The van der Waals surface area contributed by atoms with E-state index >= 15 is 0 Å². The van der Waals surface area contributed by atoms with Crippen molar-refractivity contribution < 1.29 is 9.21 Å². The van der Waals surface area contributed by atoms with Gasteiger partial charge < -0.3 is 9.73 Å². The molecule has 1 aliphatic rings. The lowest BCUT2D eigenvalue weighted by atomic mass is 9.62. The Morgan fingerprint density at radius 2 is 1.47 bits per heavy atom. The molecule has 0 saturated carbocycles. The molecule has 4 heteroatoms. The van der Waals surface area contributed by atoms with E-state index in [1.54, 1.807) is 6.07 Å². The van der Waals surface area contributed by atoms with E-state index in [9.17, 15) is 4.79 Å². The molecule has 1 aromatic heterocycles. The minimum absolute atomic E-state index is 0.148. The second-order valence-electron chi connectivity index (χ2n) is 11.9. The number of hydrogen-bond acceptors (Lipinski definition) is 2. The summed E-state index contributed by atoms with van der Waals surface area (Å²) in [4.78, 5) is 13.3. The molecule has 1 atom stereocenters. The molecule has 196 valence electrons. The molecule has 0 aliphatic heterocycles. The first-order valence-corrected chi connectivity index (χ1v) is 13.8. The van der Waals surface area contributed by atoms with Gasteiger partial charge in [0.1, 0.15) is 5.76 Å². The molecule has 0 saturated heterocycles. The second-order valence-corrected chi connectivity index (χ2v) is 12.3. The lowest BCUT2D eigenvalue weighted by molar-refractivity contribution is 0.0913. The largest absolute Gasteiger partial charge is 0.456 e. The van der Waals surface area contributed by atoms with Gasteiger partial charge in [0.25, 0.3) is 5.91 Å². The maximum Gasteiger partial charge on any atom is 0.287 e. The fraction of sp³-hybridized carbons (Fsp3) is 0.324. The molecule has 0 radical (unpaired) electrons. The van der Waals surface area contributed by atoms with Gasteiger partial charge in [-0.1, -0.05) is 93.9 Å². The summed E-state index contributed by atoms with van der Waals surface area (Å²) in [6, 6.07) is 25.6. The third-order valence-corrected chi connectivity index (χ3v) is 8.42. The summed E-state index contributed by atoms with van der Waals surface area (Å²) in [6.45, 7) is 11.6. The van der Waals surface area contributed by atoms with E-state index in [2.05, 4.69) is 52.1 Å². The van der Waals surface area contributed by atoms with Gasteiger partial charge in [0.05, 0.1) is 6.04 Å². The number of halogens is 1. The fourth-order valence-corrected chi connectivity index (χ4v) is 5.73. The molecule has 1 heterocycles. The van der Waals surface area contributed by atoms with Crippen LogP contribution in [0.1, 0.15) is 96.3 Å². The molecule has 1 unspecified atom stereocenters. The Bertz CT molecular complexity index is 1450. The predicted molar refractivity (Wildman–Crippen MR) is 155 cm³/mol. The van der Waals surface area contributed by atoms with Crippen LogP contribution in [0.15, 0.2) is 83.3 Å². The molecule has 3 aromatic carbocycles. The van der Waals surface area contributed by atoms with Crippen molar-refractivity contribution in [2.75, 3.05) is 0 Å². The summed E-state index contributed by atoms with van der Waals surface area (Å²) in [5, 5.41) is 3.82. The predicted octanol–water partition coefficient (Wildman–Crippen LogP) is 8.70. The van der Waals surface area contributed by atoms with E-state index < -0.39 is 0 Å². The molecular weight excluding hydrogens is 490 g/mol. The number of aryl methyl sites for hydroxylation is 1. The Hall–Kier alpha value is -3.30. The third-order valence-electron chi connectivity index (χ3n) is 8.17. The highest BCUT2D eigenvalue weighted by Gasteiger charge is 2.37. The van der Waals surface area contributed by atoms with Crippen LogP contribution in [0, 0.1) is 6.92 Å². The van der Waals surface area contributed by atoms with Crippen molar-refractivity contribution in [3.63, 3.8) is 0 Å². The minimum Gasteiger partial charge on any atom is -0.456 e. The van der Waals surface area contributed by atoms with Crippen LogP contribution in [-0.2, 0) is 17.3 Å². The number of furan rings is 1. The van der Waals surface area contributed by atoms with Gasteiger partial charge in [0, 0.05) is 11.4 Å². The number of amides is 1. The van der Waals surface area contributed by atoms with Crippen LogP contribution in [0.2, 0.25) is 5.02 Å². The van der Waals surface area contributed by atoms with Crippen molar-refractivity contribution in [1.82, 2.24) is 5.32 Å². The van der Waals surface area contributed by atoms with Gasteiger partial charge in [-0.15, -0.1) is 0 Å². The maximum atomic E-state index is 13.3. The van der Waals surface area contributed by atoms with Crippen LogP contribution < -0.4 is 5.32 Å². The number of rotatable bonds is 6. The fourth-order valence-electron chi connectivity index (χ4n) is 5.60. The average Bonchev–Trinajstić information content (AvgIpc) is 3.36. The molecule has 3 nitrogen and oxygen atoms in total. The maximum absolute atomic E-state index is 13.3. The van der Waals surface area contributed by atoms with E-state index in [-0.39, 0.29) is 22.8 Å². The average molecular weight is 526 g/mol. The molecule has 1 N–H and O–H groups in total. The molecular formula is C34H36ClNO2. The normalized spacial score (nSPS) is 16.5. The van der Waals surface area contributed by atoms with Crippen LogP contribution in [0.4, 0.5) is 0 Å². The number of hydrogen-bond donors (Lipinski definition) is 1. The molecule has 38 heavy (non-hydrogen) atoms. The van der Waals surface area contributed by atoms with Crippen molar-refractivity contribution in [1.29, 1.82) is 0 Å². The summed E-state index contributed by atoms with van der Waals surface area (Å²) in [5.74, 6) is 0.853. The topological polar surface area (TPSA) is 42.2 Å². The van der Waals surface area contributed by atoms with E-state index in [1.807, 2.05) is 60.7 Å². The Labute approximate surface area is 231 Å². The van der Waals surface area contributed by atoms with Crippen molar-refractivity contribution in [3.05, 3.63) is 129 Å². The molecule has 0 fully saturated rings. The van der Waals surface area contributed by atoms with Crippen molar-refractivity contribution in [3.8, 4) is 0 Å². The highest BCUT2D eigenvalue weighted by Crippen LogP contribution is 2.46. The van der Waals surface area contributed by atoms with Gasteiger partial charge in [-0.25, -0.2) is 0 Å². The Kier molecular flexibility index (Phi) is 7.00. The van der Waals surface area contributed by atoms with E-state index in [0.29, 0.717) is 17.2 Å². The van der Waals surface area contributed by atoms with E-state index in [4.69, 9.17) is 16.0 Å². The lowest BCUT2D eigenvalue weighted by Crippen LogP contribution is -2.34. The highest BCUT2D eigenvalue weighted by atomic mass is 35.5. The molecule has 1 amide bonds. The quantitative estimate of drug-likeness (QED) is 0.273. The standard InChI is InChI=1S/C34H36ClNO2/c1-22-19-28-29(34(4,5)18-17-33(28,2)3)21-25(22)20-27-15-16-30(38-27)32(37)36-31(23-9-7-6-8-10-23)24-11-13-26(35)14-12-24/h6-16,19,21,31H,17-18,20H2,1-5H3,(H,36,37).